The second kappa shape index (κ2) is 8.75. The van der Waals surface area contributed by atoms with E-state index < -0.39 is 21.5 Å². The van der Waals surface area contributed by atoms with Crippen LogP contribution in [0.4, 0.5) is 5.69 Å². The van der Waals surface area contributed by atoms with Crippen molar-refractivity contribution < 1.29 is 22.7 Å². The van der Waals surface area contributed by atoms with Crippen molar-refractivity contribution in [3.63, 3.8) is 0 Å². The van der Waals surface area contributed by atoms with Crippen LogP contribution in [0.2, 0.25) is 5.02 Å². The fourth-order valence-corrected chi connectivity index (χ4v) is 4.22. The Morgan fingerprint density at radius 3 is 2.46 bits per heavy atom. The van der Waals surface area contributed by atoms with Gasteiger partial charge < -0.3 is 14.8 Å². The predicted molar refractivity (Wildman–Crippen MR) is 105 cm³/mol. The van der Waals surface area contributed by atoms with Gasteiger partial charge in [-0.15, -0.1) is 0 Å². The van der Waals surface area contributed by atoms with E-state index in [0.29, 0.717) is 17.1 Å². The maximum atomic E-state index is 12.3. The molecule has 0 atom stereocenters. The molecule has 0 saturated carbocycles. The Hall–Kier alpha value is -1.77. The molecule has 0 unspecified atom stereocenters. The maximum absolute atomic E-state index is 12.3. The Morgan fingerprint density at radius 2 is 1.85 bits per heavy atom. The zero-order chi connectivity index (χ0) is 19.3. The van der Waals surface area contributed by atoms with Crippen molar-refractivity contribution in [1.29, 1.82) is 0 Å². The fourth-order valence-electron chi connectivity index (χ4n) is 2.28. The molecule has 0 spiro atoms. The molecule has 0 saturated heterocycles. The van der Waals surface area contributed by atoms with Gasteiger partial charge in [0.2, 0.25) is 5.91 Å². The molecule has 26 heavy (non-hydrogen) atoms. The van der Waals surface area contributed by atoms with Crippen molar-refractivity contribution in [1.82, 2.24) is 0 Å². The molecule has 6 nitrogen and oxygen atoms in total. The number of rotatable bonds is 7. The number of sulfone groups is 1. The topological polar surface area (TPSA) is 81.7 Å². The molecule has 2 aromatic rings. The molecular formula is C17H17BrClNO5S. The van der Waals surface area contributed by atoms with Crippen molar-refractivity contribution in [3.8, 4) is 11.5 Å². The summed E-state index contributed by atoms with van der Waals surface area (Å²) in [4.78, 5) is 12.2. The minimum atomic E-state index is -3.64. The highest BCUT2D eigenvalue weighted by Gasteiger charge is 2.20. The number of carbonyl (C=O) groups is 1. The number of carbonyl (C=O) groups excluding carboxylic acids is 1. The van der Waals surface area contributed by atoms with Crippen LogP contribution in [-0.2, 0) is 20.4 Å². The number of hydrogen-bond donors (Lipinski definition) is 1. The van der Waals surface area contributed by atoms with Crippen LogP contribution in [0.25, 0.3) is 0 Å². The first-order valence-corrected chi connectivity index (χ1v) is 10.4. The molecule has 0 aliphatic heterocycles. The predicted octanol–water partition coefficient (Wildman–Crippen LogP) is 3.67. The first kappa shape index (κ1) is 20.5. The van der Waals surface area contributed by atoms with Gasteiger partial charge in [0.15, 0.2) is 9.84 Å². The third-order valence-corrected chi connectivity index (χ3v) is 5.64. The molecule has 9 heteroatoms. The lowest BCUT2D eigenvalue weighted by Crippen LogP contribution is -2.24. The zero-order valence-electron chi connectivity index (χ0n) is 14.1. The fraction of sp³-hybridized carbons (Fsp3) is 0.235. The van der Waals surface area contributed by atoms with Crippen LogP contribution in [0.15, 0.2) is 40.9 Å². The molecule has 0 bridgehead atoms. The number of hydrogen-bond acceptors (Lipinski definition) is 5. The lowest BCUT2D eigenvalue weighted by molar-refractivity contribution is -0.113. The van der Waals surface area contributed by atoms with Gasteiger partial charge in [-0.05, 0) is 23.8 Å². The highest BCUT2D eigenvalue weighted by atomic mass is 79.9. The highest BCUT2D eigenvalue weighted by molar-refractivity contribution is 9.10. The maximum Gasteiger partial charge on any atom is 0.239 e. The first-order valence-electron chi connectivity index (χ1n) is 7.40. The summed E-state index contributed by atoms with van der Waals surface area (Å²) in [5.41, 5.74) is 0.859. The van der Waals surface area contributed by atoms with E-state index in [0.717, 1.165) is 4.47 Å². The van der Waals surface area contributed by atoms with Crippen molar-refractivity contribution >= 4 is 49.0 Å². The minimum Gasteiger partial charge on any atom is -0.495 e. The summed E-state index contributed by atoms with van der Waals surface area (Å²) < 4.78 is 35.6. The lowest BCUT2D eigenvalue weighted by Gasteiger charge is -2.13. The third-order valence-electron chi connectivity index (χ3n) is 3.37. The van der Waals surface area contributed by atoms with Gasteiger partial charge in [0.25, 0.3) is 0 Å². The van der Waals surface area contributed by atoms with Gasteiger partial charge in [-0.2, -0.15) is 0 Å². The van der Waals surface area contributed by atoms with Gasteiger partial charge in [0.05, 0.1) is 30.7 Å². The van der Waals surface area contributed by atoms with Crippen LogP contribution in [0, 0.1) is 0 Å². The molecule has 0 radical (unpaired) electrons. The van der Waals surface area contributed by atoms with E-state index in [1.54, 1.807) is 24.3 Å². The van der Waals surface area contributed by atoms with E-state index in [1.165, 1.54) is 26.4 Å². The number of anilines is 1. The van der Waals surface area contributed by atoms with Crippen LogP contribution in [0.5, 0.6) is 11.5 Å². The Bertz CT molecular complexity index is 917. The Balaban J connectivity index is 2.11. The first-order chi connectivity index (χ1) is 12.2. The second-order valence-electron chi connectivity index (χ2n) is 5.40. The summed E-state index contributed by atoms with van der Waals surface area (Å²) in [5, 5.41) is 2.78. The van der Waals surface area contributed by atoms with Crippen molar-refractivity contribution in [3.05, 3.63) is 51.5 Å². The normalized spacial score (nSPS) is 11.1. The molecular weight excluding hydrogens is 446 g/mol. The number of benzene rings is 2. The van der Waals surface area contributed by atoms with Gasteiger partial charge in [0.1, 0.15) is 17.3 Å². The summed E-state index contributed by atoms with van der Waals surface area (Å²) in [6.45, 7) is 0. The van der Waals surface area contributed by atoms with Gasteiger partial charge in [-0.3, -0.25) is 4.79 Å². The van der Waals surface area contributed by atoms with E-state index in [1.807, 2.05) is 0 Å². The lowest BCUT2D eigenvalue weighted by atomic mass is 10.2. The van der Waals surface area contributed by atoms with Gasteiger partial charge in [0, 0.05) is 10.5 Å². The Morgan fingerprint density at radius 1 is 1.15 bits per heavy atom. The van der Waals surface area contributed by atoms with Crippen LogP contribution in [-0.4, -0.2) is 34.3 Å². The molecule has 1 amide bonds. The number of amides is 1. The SMILES string of the molecule is COc1cc(OC)c(NC(=O)CS(=O)(=O)Cc2cccc(Br)c2)cc1Cl. The third kappa shape index (κ3) is 5.62. The monoisotopic (exact) mass is 461 g/mol. The Kier molecular flexibility index (Phi) is 6.91. The average molecular weight is 463 g/mol. The van der Waals surface area contributed by atoms with Crippen LogP contribution in [0.3, 0.4) is 0 Å². The molecule has 0 fully saturated rings. The molecule has 0 aliphatic carbocycles. The largest absolute Gasteiger partial charge is 0.495 e. The number of nitrogens with one attached hydrogen (secondary N) is 1. The molecule has 0 heterocycles. The van der Waals surface area contributed by atoms with E-state index >= 15 is 0 Å². The standard InChI is InChI=1S/C17H17BrClNO5S/c1-24-15-8-16(25-2)14(7-13(15)19)20-17(21)10-26(22,23)9-11-4-3-5-12(18)6-11/h3-8H,9-10H2,1-2H3,(H,20,21). The smallest absolute Gasteiger partial charge is 0.239 e. The van der Waals surface area contributed by atoms with Gasteiger partial charge in [-0.1, -0.05) is 39.7 Å². The molecule has 1 N–H and O–H groups in total. The van der Waals surface area contributed by atoms with Crippen molar-refractivity contribution in [2.75, 3.05) is 25.3 Å². The van der Waals surface area contributed by atoms with E-state index in [9.17, 15) is 13.2 Å². The van der Waals surface area contributed by atoms with Gasteiger partial charge in [-0.25, -0.2) is 8.42 Å². The van der Waals surface area contributed by atoms with E-state index in [4.69, 9.17) is 21.1 Å². The summed E-state index contributed by atoms with van der Waals surface area (Å²) in [6, 6.07) is 9.86. The summed E-state index contributed by atoms with van der Waals surface area (Å²) in [5.74, 6) is -0.889. The number of ether oxygens (including phenoxy) is 2. The van der Waals surface area contributed by atoms with Crippen molar-refractivity contribution in [2.45, 2.75) is 5.75 Å². The van der Waals surface area contributed by atoms with Crippen LogP contribution >= 0.6 is 27.5 Å². The van der Waals surface area contributed by atoms with E-state index in [-0.39, 0.29) is 16.5 Å². The quantitative estimate of drug-likeness (QED) is 0.679. The summed E-state index contributed by atoms with van der Waals surface area (Å²) >= 11 is 9.33. The van der Waals surface area contributed by atoms with Crippen LogP contribution < -0.4 is 14.8 Å². The minimum absolute atomic E-state index is 0.236. The molecule has 0 aromatic heterocycles. The second-order valence-corrected chi connectivity index (χ2v) is 8.78. The summed E-state index contributed by atoms with van der Waals surface area (Å²) in [6.07, 6.45) is 0. The molecule has 0 aliphatic rings. The molecule has 140 valence electrons. The highest BCUT2D eigenvalue weighted by Crippen LogP contribution is 2.35. The molecule has 2 aromatic carbocycles. The van der Waals surface area contributed by atoms with Crippen molar-refractivity contribution in [2.24, 2.45) is 0 Å². The average Bonchev–Trinajstić information content (AvgIpc) is 2.54. The van der Waals surface area contributed by atoms with Crippen LogP contribution in [0.1, 0.15) is 5.56 Å². The Labute approximate surface area is 165 Å². The zero-order valence-corrected chi connectivity index (χ0v) is 17.2. The molecule has 2 rings (SSSR count). The number of methoxy groups -OCH3 is 2. The van der Waals surface area contributed by atoms with Gasteiger partial charge >= 0.3 is 0 Å². The van der Waals surface area contributed by atoms with E-state index in [2.05, 4.69) is 21.2 Å². The summed E-state index contributed by atoms with van der Waals surface area (Å²) in [7, 11) is -0.774. The number of halogens is 2.